The van der Waals surface area contributed by atoms with Crippen LogP contribution >= 0.6 is 15.9 Å². The maximum absolute atomic E-state index is 12.0. The maximum atomic E-state index is 12.0. The van der Waals surface area contributed by atoms with E-state index in [2.05, 4.69) is 15.9 Å². The number of halogens is 1. The highest BCUT2D eigenvalue weighted by atomic mass is 79.9. The predicted molar refractivity (Wildman–Crippen MR) is 70.4 cm³/mol. The fourth-order valence-electron chi connectivity index (χ4n) is 1.52. The van der Waals surface area contributed by atoms with Crippen molar-refractivity contribution in [1.29, 1.82) is 0 Å². The molecule has 3 nitrogen and oxygen atoms in total. The van der Waals surface area contributed by atoms with Gasteiger partial charge in [-0.3, -0.25) is 4.79 Å². The second-order valence-corrected chi connectivity index (χ2v) is 4.77. The van der Waals surface area contributed by atoms with E-state index >= 15 is 0 Å². The molecule has 0 heterocycles. The zero-order valence-corrected chi connectivity index (χ0v) is 11.2. The predicted octanol–water partition coefficient (Wildman–Crippen LogP) is 2.40. The quantitative estimate of drug-likeness (QED) is 0.923. The zero-order chi connectivity index (χ0) is 12.1. The topological polar surface area (TPSA) is 46.3 Å². The van der Waals surface area contributed by atoms with Gasteiger partial charge in [0.25, 0.3) is 0 Å². The number of carbonyl (C=O) groups excluding carboxylic acids is 1. The Hall–Kier alpha value is -0.870. The average molecular weight is 285 g/mol. The largest absolute Gasteiger partial charge is 0.330 e. The minimum atomic E-state index is -0.0334. The summed E-state index contributed by atoms with van der Waals surface area (Å²) in [7, 11) is 1.79. The molecule has 0 fully saturated rings. The summed E-state index contributed by atoms with van der Waals surface area (Å²) < 4.78 is 0.969. The van der Waals surface area contributed by atoms with E-state index < -0.39 is 0 Å². The summed E-state index contributed by atoms with van der Waals surface area (Å²) in [6, 6.07) is 7.69. The molecule has 0 radical (unpaired) electrons. The van der Waals surface area contributed by atoms with Crippen LogP contribution in [0, 0.1) is 5.92 Å². The van der Waals surface area contributed by atoms with Crippen LogP contribution in [0.15, 0.2) is 28.7 Å². The Bertz CT molecular complexity index is 368. The minimum absolute atomic E-state index is 0.0334. The molecule has 0 aliphatic rings. The molecule has 0 saturated heterocycles. The molecule has 1 atom stereocenters. The van der Waals surface area contributed by atoms with Crippen LogP contribution in [0.1, 0.15) is 13.3 Å². The lowest BCUT2D eigenvalue weighted by molar-refractivity contribution is -0.121. The second-order valence-electron chi connectivity index (χ2n) is 3.86. The van der Waals surface area contributed by atoms with Crippen LogP contribution in [-0.4, -0.2) is 19.5 Å². The van der Waals surface area contributed by atoms with Gasteiger partial charge in [0.2, 0.25) is 5.91 Å². The summed E-state index contributed by atoms with van der Waals surface area (Å²) in [5.41, 5.74) is 6.34. The SMILES string of the molecule is CC(CCN)C(=O)N(C)c1cccc(Br)c1. The highest BCUT2D eigenvalue weighted by Gasteiger charge is 2.17. The molecule has 88 valence electrons. The molecule has 1 amide bonds. The number of benzene rings is 1. The Kier molecular flexibility index (Phi) is 4.96. The van der Waals surface area contributed by atoms with E-state index in [1.54, 1.807) is 11.9 Å². The van der Waals surface area contributed by atoms with E-state index in [1.165, 1.54) is 0 Å². The van der Waals surface area contributed by atoms with Crippen molar-refractivity contribution in [1.82, 2.24) is 0 Å². The molecule has 0 saturated carbocycles. The number of anilines is 1. The molecule has 0 aliphatic carbocycles. The van der Waals surface area contributed by atoms with Crippen molar-refractivity contribution in [2.24, 2.45) is 11.7 Å². The van der Waals surface area contributed by atoms with Gasteiger partial charge < -0.3 is 10.6 Å². The molecule has 1 unspecified atom stereocenters. The van der Waals surface area contributed by atoms with Crippen LogP contribution in [0.4, 0.5) is 5.69 Å². The zero-order valence-electron chi connectivity index (χ0n) is 9.61. The number of rotatable bonds is 4. The lowest BCUT2D eigenvalue weighted by Gasteiger charge is -2.21. The van der Waals surface area contributed by atoms with Gasteiger partial charge >= 0.3 is 0 Å². The average Bonchev–Trinajstić information content (AvgIpc) is 2.27. The lowest BCUT2D eigenvalue weighted by Crippen LogP contribution is -2.32. The van der Waals surface area contributed by atoms with Crippen molar-refractivity contribution in [3.63, 3.8) is 0 Å². The molecular weight excluding hydrogens is 268 g/mol. The Balaban J connectivity index is 2.77. The Morgan fingerprint density at radius 1 is 1.56 bits per heavy atom. The first-order valence-corrected chi connectivity index (χ1v) is 6.08. The first-order valence-electron chi connectivity index (χ1n) is 5.29. The minimum Gasteiger partial charge on any atom is -0.330 e. The van der Waals surface area contributed by atoms with E-state index in [0.717, 1.165) is 16.6 Å². The number of nitrogens with two attached hydrogens (primary N) is 1. The summed E-state index contributed by atoms with van der Waals surface area (Å²) in [6.07, 6.45) is 0.719. The number of amides is 1. The van der Waals surface area contributed by atoms with Crippen LogP contribution in [0.2, 0.25) is 0 Å². The molecule has 1 rings (SSSR count). The first-order chi connectivity index (χ1) is 7.56. The van der Waals surface area contributed by atoms with Gasteiger partial charge in [0.05, 0.1) is 0 Å². The van der Waals surface area contributed by atoms with Crippen LogP contribution in [-0.2, 0) is 4.79 Å². The third-order valence-electron chi connectivity index (χ3n) is 2.55. The number of carbonyl (C=O) groups is 1. The summed E-state index contributed by atoms with van der Waals surface area (Å²) in [5.74, 6) is 0.0672. The van der Waals surface area contributed by atoms with Crippen LogP contribution in [0.3, 0.4) is 0 Å². The summed E-state index contributed by atoms with van der Waals surface area (Å²) in [4.78, 5) is 13.7. The molecule has 0 bridgehead atoms. The number of hydrogen-bond acceptors (Lipinski definition) is 2. The van der Waals surface area contributed by atoms with Gasteiger partial charge in [0.1, 0.15) is 0 Å². The Labute approximate surface area is 105 Å². The standard InChI is InChI=1S/C12H17BrN2O/c1-9(6-7-14)12(16)15(2)11-5-3-4-10(13)8-11/h3-5,8-9H,6-7,14H2,1-2H3. The van der Waals surface area contributed by atoms with Gasteiger partial charge in [-0.15, -0.1) is 0 Å². The summed E-state index contributed by atoms with van der Waals surface area (Å²) in [6.45, 7) is 2.45. The molecule has 0 spiro atoms. The highest BCUT2D eigenvalue weighted by Crippen LogP contribution is 2.20. The van der Waals surface area contributed by atoms with E-state index in [1.807, 2.05) is 31.2 Å². The molecule has 1 aromatic carbocycles. The van der Waals surface area contributed by atoms with Crippen molar-refractivity contribution in [2.45, 2.75) is 13.3 Å². The fraction of sp³-hybridized carbons (Fsp3) is 0.417. The first kappa shape index (κ1) is 13.2. The molecular formula is C12H17BrN2O. The van der Waals surface area contributed by atoms with Crippen molar-refractivity contribution in [3.05, 3.63) is 28.7 Å². The molecule has 0 aromatic heterocycles. The van der Waals surface area contributed by atoms with Crippen molar-refractivity contribution >= 4 is 27.5 Å². The van der Waals surface area contributed by atoms with E-state index in [4.69, 9.17) is 5.73 Å². The molecule has 0 aliphatic heterocycles. The maximum Gasteiger partial charge on any atom is 0.229 e. The van der Waals surface area contributed by atoms with Crippen LogP contribution < -0.4 is 10.6 Å². The van der Waals surface area contributed by atoms with Gasteiger partial charge in [-0.25, -0.2) is 0 Å². The van der Waals surface area contributed by atoms with Gasteiger partial charge in [-0.2, -0.15) is 0 Å². The van der Waals surface area contributed by atoms with Gasteiger partial charge in [-0.05, 0) is 31.2 Å². The highest BCUT2D eigenvalue weighted by molar-refractivity contribution is 9.10. The van der Waals surface area contributed by atoms with Crippen molar-refractivity contribution < 1.29 is 4.79 Å². The second kappa shape index (κ2) is 6.01. The Morgan fingerprint density at radius 3 is 2.81 bits per heavy atom. The summed E-state index contributed by atoms with van der Waals surface area (Å²) >= 11 is 3.39. The van der Waals surface area contributed by atoms with Crippen molar-refractivity contribution in [2.75, 3.05) is 18.5 Å². The normalized spacial score (nSPS) is 12.2. The number of nitrogens with zero attached hydrogens (tertiary/aromatic N) is 1. The van der Waals surface area contributed by atoms with Gasteiger partial charge in [-0.1, -0.05) is 28.9 Å². The Morgan fingerprint density at radius 2 is 2.25 bits per heavy atom. The van der Waals surface area contributed by atoms with Crippen LogP contribution in [0.5, 0.6) is 0 Å². The summed E-state index contributed by atoms with van der Waals surface area (Å²) in [5, 5.41) is 0. The smallest absolute Gasteiger partial charge is 0.229 e. The lowest BCUT2D eigenvalue weighted by atomic mass is 10.1. The molecule has 16 heavy (non-hydrogen) atoms. The van der Waals surface area contributed by atoms with Crippen LogP contribution in [0.25, 0.3) is 0 Å². The fourth-order valence-corrected chi connectivity index (χ4v) is 1.90. The molecule has 4 heteroatoms. The monoisotopic (exact) mass is 284 g/mol. The third-order valence-corrected chi connectivity index (χ3v) is 3.04. The van der Waals surface area contributed by atoms with Gasteiger partial charge in [0.15, 0.2) is 0 Å². The molecule has 1 aromatic rings. The van der Waals surface area contributed by atoms with E-state index in [-0.39, 0.29) is 11.8 Å². The number of hydrogen-bond donors (Lipinski definition) is 1. The van der Waals surface area contributed by atoms with E-state index in [0.29, 0.717) is 6.54 Å². The van der Waals surface area contributed by atoms with E-state index in [9.17, 15) is 4.79 Å². The van der Waals surface area contributed by atoms with Crippen molar-refractivity contribution in [3.8, 4) is 0 Å². The molecule has 2 N–H and O–H groups in total. The third kappa shape index (κ3) is 3.32. The van der Waals surface area contributed by atoms with Gasteiger partial charge in [0, 0.05) is 23.1 Å².